The van der Waals surface area contributed by atoms with Crippen molar-refractivity contribution in [2.75, 3.05) is 11.1 Å². The molecule has 7 heteroatoms. The lowest BCUT2D eigenvalue weighted by Crippen LogP contribution is -2.12. The summed E-state index contributed by atoms with van der Waals surface area (Å²) in [6, 6.07) is 7.11. The minimum Gasteiger partial charge on any atom is -0.397 e. The van der Waals surface area contributed by atoms with Crippen molar-refractivity contribution < 1.29 is 4.79 Å². The molecule has 0 saturated carbocycles. The molecule has 94 valence electrons. The van der Waals surface area contributed by atoms with Gasteiger partial charge in [0.1, 0.15) is 0 Å². The van der Waals surface area contributed by atoms with E-state index in [2.05, 4.69) is 19.9 Å². The van der Waals surface area contributed by atoms with Gasteiger partial charge in [-0.1, -0.05) is 4.49 Å². The van der Waals surface area contributed by atoms with Crippen LogP contribution in [-0.2, 0) is 0 Å². The highest BCUT2D eigenvalue weighted by molar-refractivity contribution is 7.03. The van der Waals surface area contributed by atoms with Crippen LogP contribution in [0.15, 0.2) is 35.8 Å². The first-order valence-electron chi connectivity index (χ1n) is 5.47. The Bertz CT molecular complexity index is 741. The number of hydrogen-bond donors (Lipinski definition) is 2. The molecule has 1 aromatic carbocycles. The Kier molecular flexibility index (Phi) is 2.81. The molecular weight excluding hydrogens is 262 g/mol. The largest absolute Gasteiger partial charge is 0.397 e. The Morgan fingerprint density at radius 1 is 1.32 bits per heavy atom. The third-order valence-corrected chi connectivity index (χ3v) is 3.15. The predicted octanol–water partition coefficient (Wildman–Crippen LogP) is 1.92. The van der Waals surface area contributed by atoms with Gasteiger partial charge in [0.15, 0.2) is 5.69 Å². The number of carbonyl (C=O) groups is 1. The zero-order chi connectivity index (χ0) is 13.2. The van der Waals surface area contributed by atoms with E-state index in [0.29, 0.717) is 22.6 Å². The van der Waals surface area contributed by atoms with Crippen LogP contribution in [0, 0.1) is 0 Å². The fraction of sp³-hybridized carbons (Fsp3) is 0. The molecule has 0 aliphatic rings. The van der Waals surface area contributed by atoms with Crippen LogP contribution in [0.3, 0.4) is 0 Å². The van der Waals surface area contributed by atoms with E-state index in [1.165, 1.54) is 0 Å². The summed E-state index contributed by atoms with van der Waals surface area (Å²) in [6.07, 6.45) is 1.66. The number of nitrogens with two attached hydrogens (primary N) is 1. The van der Waals surface area contributed by atoms with E-state index >= 15 is 0 Å². The smallest absolute Gasteiger partial charge is 0.277 e. The average Bonchev–Trinajstić information content (AvgIpc) is 2.96. The highest BCUT2D eigenvalue weighted by Gasteiger charge is 2.11. The average molecular weight is 271 g/mol. The SMILES string of the molecule is Nc1ccc(NC(=O)c2csnn2)c2cccnc12. The molecule has 0 atom stereocenters. The fourth-order valence-corrected chi connectivity index (χ4v) is 2.19. The molecule has 19 heavy (non-hydrogen) atoms. The maximum absolute atomic E-state index is 11.9. The van der Waals surface area contributed by atoms with Crippen LogP contribution in [-0.4, -0.2) is 20.5 Å². The Morgan fingerprint density at radius 2 is 2.21 bits per heavy atom. The summed E-state index contributed by atoms with van der Waals surface area (Å²) in [4.78, 5) is 16.2. The van der Waals surface area contributed by atoms with E-state index in [-0.39, 0.29) is 5.91 Å². The van der Waals surface area contributed by atoms with Gasteiger partial charge in [-0.15, -0.1) is 5.10 Å². The van der Waals surface area contributed by atoms with E-state index in [1.54, 1.807) is 29.8 Å². The molecule has 1 amide bonds. The van der Waals surface area contributed by atoms with Crippen LogP contribution in [0.1, 0.15) is 10.5 Å². The number of pyridine rings is 1. The maximum Gasteiger partial charge on any atom is 0.277 e. The Hall–Kier alpha value is -2.54. The summed E-state index contributed by atoms with van der Waals surface area (Å²) in [6.45, 7) is 0. The second kappa shape index (κ2) is 4.62. The van der Waals surface area contributed by atoms with E-state index in [0.717, 1.165) is 16.9 Å². The van der Waals surface area contributed by atoms with Crippen LogP contribution < -0.4 is 11.1 Å². The Morgan fingerprint density at radius 3 is 3.00 bits per heavy atom. The number of amides is 1. The second-order valence-electron chi connectivity index (χ2n) is 3.85. The molecule has 0 aliphatic heterocycles. The predicted molar refractivity (Wildman–Crippen MR) is 74.0 cm³/mol. The molecule has 0 aliphatic carbocycles. The number of anilines is 2. The summed E-state index contributed by atoms with van der Waals surface area (Å²) in [5.41, 5.74) is 8.03. The highest BCUT2D eigenvalue weighted by Crippen LogP contribution is 2.26. The minimum atomic E-state index is -0.302. The van der Waals surface area contributed by atoms with Gasteiger partial charge in [-0.05, 0) is 35.8 Å². The number of nitrogens with one attached hydrogen (secondary N) is 1. The number of benzene rings is 1. The van der Waals surface area contributed by atoms with Crippen molar-refractivity contribution in [2.24, 2.45) is 0 Å². The van der Waals surface area contributed by atoms with E-state index in [4.69, 9.17) is 5.73 Å². The van der Waals surface area contributed by atoms with Crippen LogP contribution in [0.25, 0.3) is 10.9 Å². The monoisotopic (exact) mass is 271 g/mol. The minimum absolute atomic E-state index is 0.291. The summed E-state index contributed by atoms with van der Waals surface area (Å²) < 4.78 is 3.66. The number of rotatable bonds is 2. The highest BCUT2D eigenvalue weighted by atomic mass is 32.1. The first-order chi connectivity index (χ1) is 9.25. The van der Waals surface area contributed by atoms with Gasteiger partial charge in [0.2, 0.25) is 0 Å². The molecule has 6 nitrogen and oxygen atoms in total. The van der Waals surface area contributed by atoms with Crippen LogP contribution in [0.5, 0.6) is 0 Å². The van der Waals surface area contributed by atoms with E-state index in [9.17, 15) is 4.79 Å². The molecule has 3 N–H and O–H groups in total. The third-order valence-electron chi connectivity index (χ3n) is 2.64. The van der Waals surface area contributed by atoms with Crippen molar-refractivity contribution >= 4 is 39.7 Å². The standard InChI is InChI=1S/C12H9N5OS/c13-8-3-4-9(7-2-1-5-14-11(7)8)15-12(18)10-6-19-17-16-10/h1-6H,13H2,(H,15,18). The number of hydrogen-bond acceptors (Lipinski definition) is 6. The molecular formula is C12H9N5OS. The molecule has 2 aromatic heterocycles. The molecule has 0 saturated heterocycles. The zero-order valence-corrected chi connectivity index (χ0v) is 10.5. The van der Waals surface area contributed by atoms with Crippen LogP contribution >= 0.6 is 11.5 Å². The molecule has 0 radical (unpaired) electrons. The first kappa shape index (κ1) is 11.5. The lowest BCUT2D eigenvalue weighted by atomic mass is 10.1. The molecule has 0 unspecified atom stereocenters. The van der Waals surface area contributed by atoms with E-state index in [1.807, 2.05) is 6.07 Å². The van der Waals surface area contributed by atoms with Gasteiger partial charge in [-0.3, -0.25) is 9.78 Å². The lowest BCUT2D eigenvalue weighted by Gasteiger charge is -2.08. The van der Waals surface area contributed by atoms with Crippen molar-refractivity contribution in [3.05, 3.63) is 41.5 Å². The quantitative estimate of drug-likeness (QED) is 0.694. The number of fused-ring (bicyclic) bond motifs is 1. The fourth-order valence-electron chi connectivity index (χ4n) is 1.75. The Labute approximate surface area is 112 Å². The number of nitrogens with zero attached hydrogens (tertiary/aromatic N) is 3. The molecule has 2 heterocycles. The van der Waals surface area contributed by atoms with Crippen LogP contribution in [0.2, 0.25) is 0 Å². The lowest BCUT2D eigenvalue weighted by molar-refractivity contribution is 0.102. The summed E-state index contributed by atoms with van der Waals surface area (Å²) >= 11 is 1.13. The van der Waals surface area contributed by atoms with Crippen molar-refractivity contribution in [1.82, 2.24) is 14.6 Å². The summed E-state index contributed by atoms with van der Waals surface area (Å²) in [5, 5.41) is 8.89. The normalized spacial score (nSPS) is 10.5. The summed E-state index contributed by atoms with van der Waals surface area (Å²) in [7, 11) is 0. The second-order valence-corrected chi connectivity index (χ2v) is 4.46. The van der Waals surface area contributed by atoms with E-state index < -0.39 is 0 Å². The van der Waals surface area contributed by atoms with Gasteiger partial charge in [0.05, 0.1) is 16.9 Å². The van der Waals surface area contributed by atoms with Gasteiger partial charge in [-0.2, -0.15) is 0 Å². The van der Waals surface area contributed by atoms with Crippen molar-refractivity contribution in [3.8, 4) is 0 Å². The van der Waals surface area contributed by atoms with Crippen LogP contribution in [0.4, 0.5) is 11.4 Å². The van der Waals surface area contributed by atoms with Crippen molar-refractivity contribution in [2.45, 2.75) is 0 Å². The molecule has 0 fully saturated rings. The zero-order valence-electron chi connectivity index (χ0n) is 9.70. The summed E-state index contributed by atoms with van der Waals surface area (Å²) in [5.74, 6) is -0.302. The van der Waals surface area contributed by atoms with Crippen molar-refractivity contribution in [1.29, 1.82) is 0 Å². The molecule has 3 aromatic rings. The van der Waals surface area contributed by atoms with Gasteiger partial charge in [0, 0.05) is 17.0 Å². The number of carbonyl (C=O) groups excluding carboxylic acids is 1. The van der Waals surface area contributed by atoms with Gasteiger partial charge in [0.25, 0.3) is 5.91 Å². The van der Waals surface area contributed by atoms with Gasteiger partial charge < -0.3 is 11.1 Å². The first-order valence-corrected chi connectivity index (χ1v) is 6.31. The number of nitrogen functional groups attached to an aromatic ring is 1. The van der Waals surface area contributed by atoms with Gasteiger partial charge in [-0.25, -0.2) is 0 Å². The number of aromatic nitrogens is 3. The molecule has 0 spiro atoms. The molecule has 3 rings (SSSR count). The topological polar surface area (TPSA) is 93.8 Å². The van der Waals surface area contributed by atoms with Crippen molar-refractivity contribution in [3.63, 3.8) is 0 Å². The maximum atomic E-state index is 11.9. The molecule has 0 bridgehead atoms. The van der Waals surface area contributed by atoms with Gasteiger partial charge >= 0.3 is 0 Å². The Balaban J connectivity index is 2.02. The third kappa shape index (κ3) is 2.11.